The molecule has 0 amide bonds. The first-order valence-corrected chi connectivity index (χ1v) is 5.74. The summed E-state index contributed by atoms with van der Waals surface area (Å²) in [5, 5.41) is 16.4. The predicted octanol–water partition coefficient (Wildman–Crippen LogP) is 2.14. The maximum atomic E-state index is 12.1. The van der Waals surface area contributed by atoms with Crippen LogP contribution in [-0.2, 0) is 4.79 Å². The molecule has 1 aromatic rings. The third-order valence-corrected chi connectivity index (χ3v) is 3.03. The minimum absolute atomic E-state index is 0.0261. The summed E-state index contributed by atoms with van der Waals surface area (Å²) >= 11 is 0. The van der Waals surface area contributed by atoms with E-state index in [0.29, 0.717) is 0 Å². The van der Waals surface area contributed by atoms with E-state index in [1.54, 1.807) is 24.5 Å². The second-order valence-electron chi connectivity index (χ2n) is 4.19. The molecule has 0 radical (unpaired) electrons. The number of hydrogen-bond acceptors (Lipinski definition) is 4. The highest BCUT2D eigenvalue weighted by molar-refractivity contribution is 6.04. The second-order valence-corrected chi connectivity index (χ2v) is 4.19. The van der Waals surface area contributed by atoms with Crippen LogP contribution in [0.3, 0.4) is 0 Å². The quantitative estimate of drug-likeness (QED) is 0.586. The molecule has 0 N–H and O–H groups in total. The van der Waals surface area contributed by atoms with Crippen molar-refractivity contribution in [1.82, 2.24) is 10.2 Å². The lowest BCUT2D eigenvalue weighted by molar-refractivity contribution is -0.118. The normalized spacial score (nSPS) is 16.8. The molecule has 0 unspecified atom stereocenters. The van der Waals surface area contributed by atoms with Gasteiger partial charge in [-0.1, -0.05) is 12.8 Å². The number of nitriles is 1. The lowest BCUT2D eigenvalue weighted by atomic mass is 9.96. The Morgan fingerprint density at radius 1 is 1.41 bits per heavy atom. The van der Waals surface area contributed by atoms with Crippen molar-refractivity contribution in [3.05, 3.63) is 29.6 Å². The van der Waals surface area contributed by atoms with Crippen molar-refractivity contribution in [2.75, 3.05) is 0 Å². The monoisotopic (exact) mass is 227 g/mol. The van der Waals surface area contributed by atoms with Gasteiger partial charge in [-0.25, -0.2) is 0 Å². The standard InChI is InChI=1S/C13H13N3O/c14-8-12(7-10-5-6-15-16-9-10)13(17)11-3-1-2-4-11/h5-7,9,11H,1-4H2/b12-7+. The minimum atomic E-state index is -0.0261. The summed E-state index contributed by atoms with van der Waals surface area (Å²) in [6.07, 6.45) is 8.67. The summed E-state index contributed by atoms with van der Waals surface area (Å²) in [5.41, 5.74) is 0.966. The van der Waals surface area contributed by atoms with E-state index in [-0.39, 0.29) is 17.3 Å². The van der Waals surface area contributed by atoms with Gasteiger partial charge in [-0.2, -0.15) is 15.5 Å². The van der Waals surface area contributed by atoms with Crippen molar-refractivity contribution in [2.45, 2.75) is 25.7 Å². The van der Waals surface area contributed by atoms with Crippen LogP contribution in [0.5, 0.6) is 0 Å². The van der Waals surface area contributed by atoms with Crippen LogP contribution in [0, 0.1) is 17.2 Å². The van der Waals surface area contributed by atoms with Gasteiger partial charge in [0.05, 0.1) is 18.0 Å². The first-order chi connectivity index (χ1) is 8.31. The van der Waals surface area contributed by atoms with Gasteiger partial charge < -0.3 is 0 Å². The van der Waals surface area contributed by atoms with Gasteiger partial charge >= 0.3 is 0 Å². The van der Waals surface area contributed by atoms with Crippen LogP contribution in [0.2, 0.25) is 0 Å². The van der Waals surface area contributed by atoms with Gasteiger partial charge in [0.2, 0.25) is 0 Å². The van der Waals surface area contributed by atoms with Crippen LogP contribution in [0.1, 0.15) is 31.2 Å². The van der Waals surface area contributed by atoms with Crippen molar-refractivity contribution in [3.8, 4) is 6.07 Å². The maximum Gasteiger partial charge on any atom is 0.176 e. The zero-order chi connectivity index (χ0) is 12.1. The molecule has 86 valence electrons. The molecule has 2 rings (SSSR count). The molecule has 0 saturated heterocycles. The molecule has 0 aromatic carbocycles. The Morgan fingerprint density at radius 3 is 2.76 bits per heavy atom. The van der Waals surface area contributed by atoms with Gasteiger partial charge in [0, 0.05) is 5.92 Å². The minimum Gasteiger partial charge on any atom is -0.293 e. The molecular weight excluding hydrogens is 214 g/mol. The molecule has 0 spiro atoms. The van der Waals surface area contributed by atoms with Crippen LogP contribution in [0.4, 0.5) is 0 Å². The lowest BCUT2D eigenvalue weighted by Gasteiger charge is -2.05. The molecule has 1 aliphatic carbocycles. The number of carbonyl (C=O) groups excluding carboxylic acids is 1. The van der Waals surface area contributed by atoms with Crippen molar-refractivity contribution in [3.63, 3.8) is 0 Å². The van der Waals surface area contributed by atoms with E-state index in [2.05, 4.69) is 10.2 Å². The topological polar surface area (TPSA) is 66.6 Å². The molecule has 1 aliphatic rings. The van der Waals surface area contributed by atoms with Crippen LogP contribution < -0.4 is 0 Å². The number of aromatic nitrogens is 2. The van der Waals surface area contributed by atoms with Crippen LogP contribution >= 0.6 is 0 Å². The van der Waals surface area contributed by atoms with E-state index in [9.17, 15) is 4.79 Å². The van der Waals surface area contributed by atoms with E-state index in [1.165, 1.54) is 0 Å². The average molecular weight is 227 g/mol. The Bertz CT molecular complexity index is 467. The average Bonchev–Trinajstić information content (AvgIpc) is 2.90. The number of nitrogens with zero attached hydrogens (tertiary/aromatic N) is 3. The Labute approximate surface area is 100.0 Å². The summed E-state index contributed by atoms with van der Waals surface area (Å²) in [7, 11) is 0. The van der Waals surface area contributed by atoms with Crippen molar-refractivity contribution in [1.29, 1.82) is 5.26 Å². The van der Waals surface area contributed by atoms with Gasteiger partial charge in [-0.15, -0.1) is 0 Å². The lowest BCUT2D eigenvalue weighted by Crippen LogP contribution is -2.12. The SMILES string of the molecule is N#C/C(=C\c1ccnnc1)C(=O)C1CCCC1. The Hall–Kier alpha value is -2.02. The fourth-order valence-corrected chi connectivity index (χ4v) is 2.12. The molecule has 4 nitrogen and oxygen atoms in total. The molecule has 0 atom stereocenters. The molecule has 1 aromatic heterocycles. The highest BCUT2D eigenvalue weighted by Crippen LogP contribution is 2.28. The summed E-state index contributed by atoms with van der Waals surface area (Å²) in [4.78, 5) is 12.1. The van der Waals surface area contributed by atoms with Gasteiger partial charge in [-0.3, -0.25) is 4.79 Å². The molecule has 0 aliphatic heterocycles. The van der Waals surface area contributed by atoms with Crippen molar-refractivity contribution in [2.24, 2.45) is 5.92 Å². The van der Waals surface area contributed by atoms with Crippen molar-refractivity contribution < 1.29 is 4.79 Å². The van der Waals surface area contributed by atoms with E-state index in [1.807, 2.05) is 6.07 Å². The predicted molar refractivity (Wildman–Crippen MR) is 62.6 cm³/mol. The number of Topliss-reactive ketones (excluding diaryl/α,β-unsaturated/α-hetero) is 1. The van der Waals surface area contributed by atoms with E-state index >= 15 is 0 Å². The van der Waals surface area contributed by atoms with Crippen LogP contribution in [0.25, 0.3) is 6.08 Å². The zero-order valence-corrected chi connectivity index (χ0v) is 9.47. The smallest absolute Gasteiger partial charge is 0.176 e. The summed E-state index contributed by atoms with van der Waals surface area (Å²) < 4.78 is 0. The van der Waals surface area contributed by atoms with E-state index < -0.39 is 0 Å². The maximum absolute atomic E-state index is 12.1. The first kappa shape index (κ1) is 11.5. The third-order valence-electron chi connectivity index (χ3n) is 3.03. The Kier molecular flexibility index (Phi) is 3.61. The number of rotatable bonds is 3. The van der Waals surface area contributed by atoms with Gasteiger partial charge in [0.1, 0.15) is 6.07 Å². The van der Waals surface area contributed by atoms with Crippen LogP contribution in [-0.4, -0.2) is 16.0 Å². The van der Waals surface area contributed by atoms with Gasteiger partial charge in [0.15, 0.2) is 5.78 Å². The third kappa shape index (κ3) is 2.76. The van der Waals surface area contributed by atoms with Gasteiger partial charge in [-0.05, 0) is 30.5 Å². The highest BCUT2D eigenvalue weighted by atomic mass is 16.1. The fraction of sp³-hybridized carbons (Fsp3) is 0.385. The molecule has 0 bridgehead atoms. The van der Waals surface area contributed by atoms with Crippen molar-refractivity contribution >= 4 is 11.9 Å². The molecule has 1 fully saturated rings. The van der Waals surface area contributed by atoms with E-state index in [4.69, 9.17) is 5.26 Å². The molecule has 1 saturated carbocycles. The second kappa shape index (κ2) is 5.35. The number of ketones is 1. The van der Waals surface area contributed by atoms with Gasteiger partial charge in [0.25, 0.3) is 0 Å². The molecule has 17 heavy (non-hydrogen) atoms. The largest absolute Gasteiger partial charge is 0.293 e. The molecule has 1 heterocycles. The first-order valence-electron chi connectivity index (χ1n) is 5.74. The summed E-state index contributed by atoms with van der Waals surface area (Å²) in [6, 6.07) is 3.72. The number of hydrogen-bond donors (Lipinski definition) is 0. The Morgan fingerprint density at radius 2 is 2.18 bits per heavy atom. The van der Waals surface area contributed by atoms with Crippen LogP contribution in [0.15, 0.2) is 24.0 Å². The molecular formula is C13H13N3O. The summed E-state index contributed by atoms with van der Waals surface area (Å²) in [6.45, 7) is 0. The van der Waals surface area contributed by atoms with E-state index in [0.717, 1.165) is 31.2 Å². The molecule has 4 heteroatoms. The number of allylic oxidation sites excluding steroid dienone is 1. The number of carbonyl (C=O) groups is 1. The Balaban J connectivity index is 2.19. The summed E-state index contributed by atoms with van der Waals surface area (Å²) in [5.74, 6) is 0.0116. The highest BCUT2D eigenvalue weighted by Gasteiger charge is 2.25. The zero-order valence-electron chi connectivity index (χ0n) is 9.47. The fourth-order valence-electron chi connectivity index (χ4n) is 2.12.